The van der Waals surface area contributed by atoms with Crippen LogP contribution in [0, 0.1) is 0 Å². The maximum Gasteiger partial charge on any atom is 0.315 e. The average molecular weight is 381 g/mol. The Balaban J connectivity index is 1.83. The van der Waals surface area contributed by atoms with Crippen LogP contribution < -0.4 is 20.4 Å². The summed E-state index contributed by atoms with van der Waals surface area (Å²) in [5.41, 5.74) is 4.76. The van der Waals surface area contributed by atoms with Gasteiger partial charge in [0, 0.05) is 44.1 Å². The number of fused-ring (bicyclic) bond motifs is 1. The lowest BCUT2D eigenvalue weighted by Crippen LogP contribution is -2.48. The Morgan fingerprint density at radius 3 is 2.43 bits per heavy atom. The van der Waals surface area contributed by atoms with E-state index in [1.165, 1.54) is 22.5 Å². The predicted octanol–water partition coefficient (Wildman–Crippen LogP) is 3.95. The first-order valence-electron chi connectivity index (χ1n) is 9.92. The minimum atomic E-state index is -0.257. The maximum atomic E-state index is 12.4. The van der Waals surface area contributed by atoms with Gasteiger partial charge >= 0.3 is 6.03 Å². The molecule has 0 spiro atoms. The van der Waals surface area contributed by atoms with Crippen molar-refractivity contribution >= 4 is 17.4 Å². The molecule has 2 aromatic carbocycles. The lowest BCUT2D eigenvalue weighted by molar-refractivity contribution is 0.231. The number of carbonyl (C=O) groups excluding carboxylic acids is 1. The summed E-state index contributed by atoms with van der Waals surface area (Å²) in [6.45, 7) is 7.47. The zero-order valence-electron chi connectivity index (χ0n) is 17.6. The van der Waals surface area contributed by atoms with Crippen molar-refractivity contribution in [3.05, 3.63) is 59.7 Å². The molecule has 28 heavy (non-hydrogen) atoms. The van der Waals surface area contributed by atoms with E-state index < -0.39 is 0 Å². The Morgan fingerprint density at radius 1 is 1.11 bits per heavy atom. The average Bonchev–Trinajstić information content (AvgIpc) is 3.05. The molecule has 1 aliphatic rings. The van der Waals surface area contributed by atoms with Crippen LogP contribution in [-0.2, 0) is 6.42 Å². The smallest absolute Gasteiger partial charge is 0.315 e. The van der Waals surface area contributed by atoms with Gasteiger partial charge < -0.3 is 20.4 Å². The molecule has 5 nitrogen and oxygen atoms in total. The molecule has 0 bridgehead atoms. The van der Waals surface area contributed by atoms with E-state index in [1.54, 1.807) is 0 Å². The Bertz CT molecular complexity index is 808. The fourth-order valence-electron chi connectivity index (χ4n) is 3.66. The highest BCUT2D eigenvalue weighted by atomic mass is 16.2. The van der Waals surface area contributed by atoms with Gasteiger partial charge in [-0.1, -0.05) is 30.3 Å². The number of carbonyl (C=O) groups is 1. The zero-order valence-corrected chi connectivity index (χ0v) is 17.6. The van der Waals surface area contributed by atoms with Gasteiger partial charge in [-0.2, -0.15) is 0 Å². The molecule has 1 heterocycles. The van der Waals surface area contributed by atoms with E-state index in [1.807, 2.05) is 34.9 Å². The summed E-state index contributed by atoms with van der Waals surface area (Å²) in [5, 5.41) is 6.07. The lowest BCUT2D eigenvalue weighted by Gasteiger charge is -2.32. The van der Waals surface area contributed by atoms with E-state index in [9.17, 15) is 4.79 Å². The fourth-order valence-corrected chi connectivity index (χ4v) is 3.66. The third-order valence-electron chi connectivity index (χ3n) is 5.04. The highest BCUT2D eigenvalue weighted by Crippen LogP contribution is 2.35. The third-order valence-corrected chi connectivity index (χ3v) is 5.04. The lowest BCUT2D eigenvalue weighted by atomic mass is 10.0. The van der Waals surface area contributed by atoms with Crippen molar-refractivity contribution < 1.29 is 4.79 Å². The van der Waals surface area contributed by atoms with E-state index >= 15 is 0 Å². The zero-order chi connectivity index (χ0) is 20.3. The summed E-state index contributed by atoms with van der Waals surface area (Å²) in [6.07, 6.45) is 1.04. The number of benzene rings is 2. The second kappa shape index (κ2) is 8.13. The summed E-state index contributed by atoms with van der Waals surface area (Å²) < 4.78 is 0. The minimum Gasteiger partial charge on any atom is -0.378 e. The molecule has 0 aliphatic carbocycles. The van der Waals surface area contributed by atoms with Gasteiger partial charge in [0.25, 0.3) is 0 Å². The van der Waals surface area contributed by atoms with Crippen molar-refractivity contribution in [1.29, 1.82) is 0 Å². The molecule has 150 valence electrons. The first-order valence-corrected chi connectivity index (χ1v) is 9.92. The molecular formula is C23H32N4O. The van der Waals surface area contributed by atoms with Crippen LogP contribution in [0.25, 0.3) is 0 Å². The number of rotatable bonds is 5. The van der Waals surface area contributed by atoms with Gasteiger partial charge in [0.2, 0.25) is 0 Å². The van der Waals surface area contributed by atoms with Gasteiger partial charge in [0.05, 0.1) is 6.04 Å². The van der Waals surface area contributed by atoms with Crippen LogP contribution in [0.15, 0.2) is 48.5 Å². The number of nitrogens with one attached hydrogen (secondary N) is 2. The van der Waals surface area contributed by atoms with Crippen molar-refractivity contribution in [1.82, 2.24) is 10.6 Å². The van der Waals surface area contributed by atoms with E-state index in [-0.39, 0.29) is 17.6 Å². The monoisotopic (exact) mass is 380 g/mol. The number of amides is 2. The van der Waals surface area contributed by atoms with Gasteiger partial charge in [-0.15, -0.1) is 0 Å². The summed E-state index contributed by atoms with van der Waals surface area (Å²) in [7, 11) is 4.09. The highest BCUT2D eigenvalue weighted by Gasteiger charge is 2.27. The Morgan fingerprint density at radius 2 is 1.79 bits per heavy atom. The van der Waals surface area contributed by atoms with Crippen LogP contribution in [0.2, 0.25) is 0 Å². The molecule has 0 radical (unpaired) electrons. The van der Waals surface area contributed by atoms with E-state index in [2.05, 4.69) is 69.0 Å². The normalized spacial score (nSPS) is 14.4. The molecule has 3 rings (SSSR count). The first kappa shape index (κ1) is 20.1. The van der Waals surface area contributed by atoms with Gasteiger partial charge in [0.15, 0.2) is 0 Å². The molecule has 2 amide bonds. The standard InChI is InChI=1S/C23H32N4O/c1-23(2,3)25-22(28)24-16-21(18-10-12-19(13-11-18)26(4)5)27-15-14-17-8-6-7-9-20(17)27/h6-13,21H,14-16H2,1-5H3,(H2,24,25,28). The molecular weight excluding hydrogens is 348 g/mol. The molecule has 0 saturated carbocycles. The first-order chi connectivity index (χ1) is 13.2. The van der Waals surface area contributed by atoms with Crippen LogP contribution in [0.1, 0.15) is 37.9 Å². The van der Waals surface area contributed by atoms with Crippen LogP contribution >= 0.6 is 0 Å². The largest absolute Gasteiger partial charge is 0.378 e. The van der Waals surface area contributed by atoms with Crippen molar-refractivity contribution in [2.75, 3.05) is 37.0 Å². The number of hydrogen-bond acceptors (Lipinski definition) is 3. The third kappa shape index (κ3) is 4.77. The van der Waals surface area contributed by atoms with E-state index in [0.717, 1.165) is 13.0 Å². The number of nitrogens with zero attached hydrogens (tertiary/aromatic N) is 2. The Kier molecular flexibility index (Phi) is 5.82. The molecule has 2 N–H and O–H groups in total. The summed E-state index contributed by atoms with van der Waals surface area (Å²) in [6, 6.07) is 17.1. The summed E-state index contributed by atoms with van der Waals surface area (Å²) in [4.78, 5) is 16.9. The molecule has 1 atom stereocenters. The summed E-state index contributed by atoms with van der Waals surface area (Å²) >= 11 is 0. The number of para-hydroxylation sites is 1. The number of anilines is 2. The molecule has 2 aromatic rings. The molecule has 0 aromatic heterocycles. The van der Waals surface area contributed by atoms with Crippen LogP contribution in [0.3, 0.4) is 0 Å². The second-order valence-electron chi connectivity index (χ2n) is 8.66. The van der Waals surface area contributed by atoms with E-state index in [0.29, 0.717) is 6.54 Å². The van der Waals surface area contributed by atoms with Crippen molar-refractivity contribution in [3.63, 3.8) is 0 Å². The summed E-state index contributed by atoms with van der Waals surface area (Å²) in [5.74, 6) is 0. The molecule has 1 aliphatic heterocycles. The Labute approximate surface area is 168 Å². The Hall–Kier alpha value is -2.69. The highest BCUT2D eigenvalue weighted by molar-refractivity contribution is 5.75. The molecule has 0 fully saturated rings. The van der Waals surface area contributed by atoms with Gasteiger partial charge in [-0.3, -0.25) is 0 Å². The second-order valence-corrected chi connectivity index (χ2v) is 8.66. The quantitative estimate of drug-likeness (QED) is 0.826. The van der Waals surface area contributed by atoms with Crippen molar-refractivity contribution in [2.45, 2.75) is 38.8 Å². The topological polar surface area (TPSA) is 47.6 Å². The van der Waals surface area contributed by atoms with E-state index in [4.69, 9.17) is 0 Å². The predicted molar refractivity (Wildman–Crippen MR) is 117 cm³/mol. The SMILES string of the molecule is CN(C)c1ccc(C(CNC(=O)NC(C)(C)C)N2CCc3ccccc32)cc1. The maximum absolute atomic E-state index is 12.4. The minimum absolute atomic E-state index is 0.0885. The van der Waals surface area contributed by atoms with Crippen LogP contribution in [0.4, 0.5) is 16.2 Å². The molecule has 1 unspecified atom stereocenters. The van der Waals surface area contributed by atoms with Gasteiger partial charge in [-0.05, 0) is 56.5 Å². The van der Waals surface area contributed by atoms with Crippen LogP contribution in [-0.4, -0.2) is 38.8 Å². The van der Waals surface area contributed by atoms with Crippen molar-refractivity contribution in [3.8, 4) is 0 Å². The van der Waals surface area contributed by atoms with Gasteiger partial charge in [-0.25, -0.2) is 4.79 Å². The van der Waals surface area contributed by atoms with Crippen LogP contribution in [0.5, 0.6) is 0 Å². The van der Waals surface area contributed by atoms with Gasteiger partial charge in [0.1, 0.15) is 0 Å². The fraction of sp³-hybridized carbons (Fsp3) is 0.435. The molecule has 5 heteroatoms. The molecule has 0 saturated heterocycles. The number of urea groups is 1. The number of hydrogen-bond donors (Lipinski definition) is 2. The van der Waals surface area contributed by atoms with Crippen molar-refractivity contribution in [2.24, 2.45) is 0 Å².